The smallest absolute Gasteiger partial charge is 0.262 e. The highest BCUT2D eigenvalue weighted by Gasteiger charge is 2.09. The van der Waals surface area contributed by atoms with Gasteiger partial charge in [0.1, 0.15) is 5.75 Å². The molecule has 0 saturated heterocycles. The molecule has 0 bridgehead atoms. The van der Waals surface area contributed by atoms with Gasteiger partial charge in [0.25, 0.3) is 5.91 Å². The molecule has 1 amide bonds. The summed E-state index contributed by atoms with van der Waals surface area (Å²) >= 11 is 0. The number of rotatable bonds is 4. The van der Waals surface area contributed by atoms with Crippen molar-refractivity contribution in [3.05, 3.63) is 53.1 Å². The largest absolute Gasteiger partial charge is 0.483 e. The first-order valence-electron chi connectivity index (χ1n) is 6.82. The van der Waals surface area contributed by atoms with Crippen LogP contribution < -0.4 is 15.8 Å². The number of nitrogens with one attached hydrogen (secondary N) is 1. The van der Waals surface area contributed by atoms with Crippen molar-refractivity contribution < 1.29 is 9.53 Å². The van der Waals surface area contributed by atoms with Crippen LogP contribution in [0.1, 0.15) is 16.7 Å². The van der Waals surface area contributed by atoms with E-state index in [9.17, 15) is 4.79 Å². The molecule has 0 heterocycles. The summed E-state index contributed by atoms with van der Waals surface area (Å²) in [5.74, 6) is 0.500. The Bertz CT molecular complexity index is 646. The number of anilines is 2. The molecule has 0 atom stereocenters. The third kappa shape index (κ3) is 3.75. The van der Waals surface area contributed by atoms with E-state index >= 15 is 0 Å². The number of para-hydroxylation sites is 1. The fraction of sp³-hybridized carbons (Fsp3) is 0.235. The quantitative estimate of drug-likeness (QED) is 0.847. The molecule has 3 N–H and O–H groups in total. The van der Waals surface area contributed by atoms with Gasteiger partial charge in [0.15, 0.2) is 6.61 Å². The van der Waals surface area contributed by atoms with Crippen LogP contribution in [0.15, 0.2) is 36.4 Å². The number of ether oxygens (including phenoxy) is 1. The minimum atomic E-state index is -0.225. The summed E-state index contributed by atoms with van der Waals surface area (Å²) in [5, 5.41) is 2.79. The zero-order valence-corrected chi connectivity index (χ0v) is 12.6. The monoisotopic (exact) mass is 284 g/mol. The summed E-state index contributed by atoms with van der Waals surface area (Å²) in [6, 6.07) is 11.4. The van der Waals surface area contributed by atoms with Crippen LogP contribution in [0.2, 0.25) is 0 Å². The molecule has 0 aliphatic heterocycles. The lowest BCUT2D eigenvalue weighted by atomic mass is 10.1. The molecule has 0 aliphatic rings. The number of nitrogen functional groups attached to an aromatic ring is 1. The van der Waals surface area contributed by atoms with E-state index in [1.54, 1.807) is 6.07 Å². The molecule has 0 aliphatic carbocycles. The molecule has 0 radical (unpaired) electrons. The molecule has 0 saturated carbocycles. The van der Waals surface area contributed by atoms with Crippen molar-refractivity contribution in [1.82, 2.24) is 0 Å². The van der Waals surface area contributed by atoms with Gasteiger partial charge in [-0.3, -0.25) is 4.79 Å². The fourth-order valence-electron chi connectivity index (χ4n) is 2.04. The normalized spacial score (nSPS) is 10.2. The maximum atomic E-state index is 12.0. The molecule has 0 spiro atoms. The first-order valence-corrected chi connectivity index (χ1v) is 6.82. The van der Waals surface area contributed by atoms with E-state index in [-0.39, 0.29) is 12.5 Å². The number of carbonyl (C=O) groups excluding carboxylic acids is 1. The van der Waals surface area contributed by atoms with Gasteiger partial charge >= 0.3 is 0 Å². The number of nitrogens with two attached hydrogens (primary N) is 1. The molecule has 0 fully saturated rings. The number of benzene rings is 2. The molecular formula is C17H20N2O2. The highest BCUT2D eigenvalue weighted by molar-refractivity contribution is 5.95. The minimum Gasteiger partial charge on any atom is -0.483 e. The third-order valence-electron chi connectivity index (χ3n) is 3.27. The first-order chi connectivity index (χ1) is 9.97. The Balaban J connectivity index is 2.01. The van der Waals surface area contributed by atoms with Crippen molar-refractivity contribution in [3.63, 3.8) is 0 Å². The zero-order valence-electron chi connectivity index (χ0n) is 12.6. The molecular weight excluding hydrogens is 264 g/mol. The maximum Gasteiger partial charge on any atom is 0.262 e. The second-order valence-corrected chi connectivity index (χ2v) is 5.14. The Morgan fingerprint density at radius 2 is 1.90 bits per heavy atom. The van der Waals surface area contributed by atoms with E-state index < -0.39 is 0 Å². The van der Waals surface area contributed by atoms with Crippen molar-refractivity contribution in [3.8, 4) is 5.75 Å². The van der Waals surface area contributed by atoms with E-state index in [0.29, 0.717) is 11.4 Å². The third-order valence-corrected chi connectivity index (χ3v) is 3.27. The van der Waals surface area contributed by atoms with Gasteiger partial charge in [-0.15, -0.1) is 0 Å². The van der Waals surface area contributed by atoms with Crippen LogP contribution in [-0.2, 0) is 4.79 Å². The van der Waals surface area contributed by atoms with Crippen molar-refractivity contribution in [1.29, 1.82) is 0 Å². The van der Waals surface area contributed by atoms with Crippen LogP contribution in [0.5, 0.6) is 5.75 Å². The minimum absolute atomic E-state index is 0.0436. The predicted molar refractivity (Wildman–Crippen MR) is 85.6 cm³/mol. The summed E-state index contributed by atoms with van der Waals surface area (Å²) in [5.41, 5.74) is 10.1. The first kappa shape index (κ1) is 14.9. The van der Waals surface area contributed by atoms with E-state index in [4.69, 9.17) is 10.5 Å². The van der Waals surface area contributed by atoms with Gasteiger partial charge in [-0.2, -0.15) is 0 Å². The van der Waals surface area contributed by atoms with Crippen molar-refractivity contribution >= 4 is 17.3 Å². The van der Waals surface area contributed by atoms with E-state index in [0.717, 1.165) is 22.4 Å². The number of hydrogen-bond acceptors (Lipinski definition) is 3. The van der Waals surface area contributed by atoms with E-state index in [1.807, 2.05) is 51.1 Å². The second kappa shape index (κ2) is 6.31. The van der Waals surface area contributed by atoms with Gasteiger partial charge in [-0.05, 0) is 49.6 Å². The summed E-state index contributed by atoms with van der Waals surface area (Å²) in [7, 11) is 0. The molecule has 0 unspecified atom stereocenters. The number of aryl methyl sites for hydroxylation is 3. The van der Waals surface area contributed by atoms with E-state index in [1.165, 1.54) is 0 Å². The Morgan fingerprint density at radius 1 is 1.14 bits per heavy atom. The lowest BCUT2D eigenvalue weighted by Gasteiger charge is -2.13. The molecule has 2 aromatic rings. The average Bonchev–Trinajstić information content (AvgIpc) is 2.44. The topological polar surface area (TPSA) is 64.3 Å². The van der Waals surface area contributed by atoms with Crippen LogP contribution in [0, 0.1) is 20.8 Å². The van der Waals surface area contributed by atoms with Crippen LogP contribution in [-0.4, -0.2) is 12.5 Å². The number of carbonyl (C=O) groups is 1. The number of hydrogen-bond donors (Lipinski definition) is 2. The molecule has 2 rings (SSSR count). The molecule has 21 heavy (non-hydrogen) atoms. The van der Waals surface area contributed by atoms with Crippen LogP contribution in [0.25, 0.3) is 0 Å². The lowest BCUT2D eigenvalue weighted by molar-refractivity contribution is -0.118. The average molecular weight is 284 g/mol. The fourth-order valence-corrected chi connectivity index (χ4v) is 2.04. The van der Waals surface area contributed by atoms with Crippen LogP contribution in [0.4, 0.5) is 11.4 Å². The molecule has 4 heteroatoms. The van der Waals surface area contributed by atoms with Gasteiger partial charge < -0.3 is 15.8 Å². The van der Waals surface area contributed by atoms with Gasteiger partial charge in [0.2, 0.25) is 0 Å². The molecule has 4 nitrogen and oxygen atoms in total. The van der Waals surface area contributed by atoms with Gasteiger partial charge in [-0.1, -0.05) is 24.3 Å². The van der Waals surface area contributed by atoms with Gasteiger partial charge in [-0.25, -0.2) is 0 Å². The highest BCUT2D eigenvalue weighted by Crippen LogP contribution is 2.23. The summed E-state index contributed by atoms with van der Waals surface area (Å²) in [6.07, 6.45) is 0. The maximum absolute atomic E-state index is 12.0. The van der Waals surface area contributed by atoms with Gasteiger partial charge in [0.05, 0.1) is 11.4 Å². The number of amides is 1. The lowest BCUT2D eigenvalue weighted by Crippen LogP contribution is -2.21. The highest BCUT2D eigenvalue weighted by atomic mass is 16.5. The van der Waals surface area contributed by atoms with E-state index in [2.05, 4.69) is 5.32 Å². The van der Waals surface area contributed by atoms with Crippen LogP contribution in [0.3, 0.4) is 0 Å². The second-order valence-electron chi connectivity index (χ2n) is 5.14. The Morgan fingerprint density at radius 3 is 2.62 bits per heavy atom. The molecule has 0 aromatic heterocycles. The predicted octanol–water partition coefficient (Wildman–Crippen LogP) is 3.21. The Labute approximate surface area is 124 Å². The van der Waals surface area contributed by atoms with Gasteiger partial charge in [0, 0.05) is 0 Å². The zero-order chi connectivity index (χ0) is 15.4. The van der Waals surface area contributed by atoms with Crippen molar-refractivity contribution in [2.75, 3.05) is 17.7 Å². The Hall–Kier alpha value is -2.49. The SMILES string of the molecule is Cc1ccc(C)c(OCC(=O)Nc2c(C)cccc2N)c1. The Kier molecular flexibility index (Phi) is 4.48. The standard InChI is InChI=1S/C17H20N2O2/c1-11-7-8-12(2)15(9-11)21-10-16(20)19-17-13(3)5-4-6-14(17)18/h4-9H,10,18H2,1-3H3,(H,19,20). The summed E-state index contributed by atoms with van der Waals surface area (Å²) in [6.45, 7) is 5.79. The van der Waals surface area contributed by atoms with Crippen molar-refractivity contribution in [2.45, 2.75) is 20.8 Å². The van der Waals surface area contributed by atoms with Crippen molar-refractivity contribution in [2.24, 2.45) is 0 Å². The summed E-state index contributed by atoms with van der Waals surface area (Å²) < 4.78 is 5.58. The van der Waals surface area contributed by atoms with Crippen LogP contribution >= 0.6 is 0 Å². The summed E-state index contributed by atoms with van der Waals surface area (Å²) in [4.78, 5) is 12.0. The molecule has 2 aromatic carbocycles. The molecule has 110 valence electrons.